The first-order chi connectivity index (χ1) is 10.6. The van der Waals surface area contributed by atoms with Gasteiger partial charge in [-0.1, -0.05) is 16.8 Å². The Morgan fingerprint density at radius 3 is 2.77 bits per heavy atom. The SMILES string of the molecule is Cc1cc[nH]c1C(=O)NCc1nc(-c2ccc(Cl)cc2)no1. The molecule has 7 heteroatoms. The smallest absolute Gasteiger partial charge is 0.268 e. The summed E-state index contributed by atoms with van der Waals surface area (Å²) in [6.45, 7) is 2.02. The molecule has 0 saturated heterocycles. The summed E-state index contributed by atoms with van der Waals surface area (Å²) in [5.74, 6) is 0.577. The van der Waals surface area contributed by atoms with Gasteiger partial charge in [0.2, 0.25) is 11.7 Å². The summed E-state index contributed by atoms with van der Waals surface area (Å²) in [5.41, 5.74) is 2.20. The van der Waals surface area contributed by atoms with Gasteiger partial charge in [0.1, 0.15) is 5.69 Å². The average Bonchev–Trinajstić information content (AvgIpc) is 3.14. The van der Waals surface area contributed by atoms with Crippen LogP contribution < -0.4 is 5.32 Å². The molecule has 0 aliphatic carbocycles. The number of carbonyl (C=O) groups excluding carboxylic acids is 1. The lowest BCUT2D eigenvalue weighted by Crippen LogP contribution is -2.23. The fourth-order valence-corrected chi connectivity index (χ4v) is 2.10. The summed E-state index contributed by atoms with van der Waals surface area (Å²) >= 11 is 5.84. The van der Waals surface area contributed by atoms with Crippen LogP contribution in [0.1, 0.15) is 21.9 Å². The maximum Gasteiger partial charge on any atom is 0.268 e. The lowest BCUT2D eigenvalue weighted by atomic mass is 10.2. The van der Waals surface area contributed by atoms with Crippen LogP contribution in [-0.4, -0.2) is 21.0 Å². The summed E-state index contributed by atoms with van der Waals surface area (Å²) < 4.78 is 5.13. The molecule has 0 spiro atoms. The first kappa shape index (κ1) is 14.3. The largest absolute Gasteiger partial charge is 0.357 e. The number of aryl methyl sites for hydroxylation is 1. The third-order valence-corrected chi connectivity index (χ3v) is 3.41. The van der Waals surface area contributed by atoms with E-state index in [1.54, 1.807) is 30.5 Å². The molecule has 112 valence electrons. The first-order valence-corrected chi connectivity index (χ1v) is 7.02. The lowest BCUT2D eigenvalue weighted by Gasteiger charge is -2.01. The second-order valence-corrected chi connectivity index (χ2v) is 5.17. The van der Waals surface area contributed by atoms with Crippen LogP contribution in [0.3, 0.4) is 0 Å². The van der Waals surface area contributed by atoms with Crippen LogP contribution in [0.25, 0.3) is 11.4 Å². The van der Waals surface area contributed by atoms with Gasteiger partial charge in [-0.05, 0) is 42.8 Å². The van der Waals surface area contributed by atoms with E-state index in [4.69, 9.17) is 16.1 Å². The Labute approximate surface area is 131 Å². The monoisotopic (exact) mass is 316 g/mol. The average molecular weight is 317 g/mol. The minimum Gasteiger partial charge on any atom is -0.357 e. The predicted octanol–water partition coefficient (Wildman–Crippen LogP) is 2.96. The van der Waals surface area contributed by atoms with Crippen LogP contribution in [0.2, 0.25) is 5.02 Å². The van der Waals surface area contributed by atoms with Gasteiger partial charge in [-0.15, -0.1) is 0 Å². The highest BCUT2D eigenvalue weighted by molar-refractivity contribution is 6.30. The molecule has 0 aliphatic rings. The number of hydrogen-bond donors (Lipinski definition) is 2. The molecule has 3 aromatic rings. The molecule has 0 fully saturated rings. The van der Waals surface area contributed by atoms with Gasteiger partial charge in [0.25, 0.3) is 5.91 Å². The number of rotatable bonds is 4. The molecule has 3 rings (SSSR count). The van der Waals surface area contributed by atoms with Crippen molar-refractivity contribution in [2.75, 3.05) is 0 Å². The molecule has 0 unspecified atom stereocenters. The number of hydrogen-bond acceptors (Lipinski definition) is 4. The van der Waals surface area contributed by atoms with E-state index in [0.717, 1.165) is 11.1 Å². The van der Waals surface area contributed by atoms with Crippen LogP contribution in [-0.2, 0) is 6.54 Å². The van der Waals surface area contributed by atoms with Gasteiger partial charge in [0.05, 0.1) is 6.54 Å². The van der Waals surface area contributed by atoms with Crippen molar-refractivity contribution in [1.82, 2.24) is 20.4 Å². The van der Waals surface area contributed by atoms with Crippen LogP contribution in [0.15, 0.2) is 41.1 Å². The van der Waals surface area contributed by atoms with Crippen molar-refractivity contribution in [3.63, 3.8) is 0 Å². The maximum atomic E-state index is 12.0. The summed E-state index contributed by atoms with van der Waals surface area (Å²) in [7, 11) is 0. The Balaban J connectivity index is 1.66. The van der Waals surface area contributed by atoms with Crippen molar-refractivity contribution in [3.05, 3.63) is 58.7 Å². The zero-order valence-electron chi connectivity index (χ0n) is 11.8. The number of amides is 1. The fraction of sp³-hybridized carbons (Fsp3) is 0.133. The Kier molecular flexibility index (Phi) is 3.93. The van der Waals surface area contributed by atoms with Gasteiger partial charge in [0.15, 0.2) is 0 Å². The van der Waals surface area contributed by atoms with Gasteiger partial charge in [-0.25, -0.2) is 0 Å². The fourth-order valence-electron chi connectivity index (χ4n) is 1.98. The third-order valence-electron chi connectivity index (χ3n) is 3.15. The first-order valence-electron chi connectivity index (χ1n) is 6.64. The number of H-pyrrole nitrogens is 1. The number of nitrogens with zero attached hydrogens (tertiary/aromatic N) is 2. The molecule has 0 aliphatic heterocycles. The Morgan fingerprint density at radius 2 is 2.09 bits per heavy atom. The molecule has 0 atom stereocenters. The van der Waals surface area contributed by atoms with Crippen molar-refractivity contribution >= 4 is 17.5 Å². The molecule has 2 heterocycles. The quantitative estimate of drug-likeness (QED) is 0.775. The van der Waals surface area contributed by atoms with Gasteiger partial charge < -0.3 is 14.8 Å². The van der Waals surface area contributed by atoms with Crippen molar-refractivity contribution in [3.8, 4) is 11.4 Å². The third kappa shape index (κ3) is 3.01. The van der Waals surface area contributed by atoms with E-state index in [1.165, 1.54) is 0 Å². The van der Waals surface area contributed by atoms with Gasteiger partial charge >= 0.3 is 0 Å². The van der Waals surface area contributed by atoms with Gasteiger partial charge in [0, 0.05) is 16.8 Å². The summed E-state index contributed by atoms with van der Waals surface area (Å²) in [6.07, 6.45) is 1.72. The van der Waals surface area contributed by atoms with Crippen LogP contribution in [0.4, 0.5) is 0 Å². The summed E-state index contributed by atoms with van der Waals surface area (Å²) in [6, 6.07) is 8.95. The van der Waals surface area contributed by atoms with Gasteiger partial charge in [-0.2, -0.15) is 4.98 Å². The highest BCUT2D eigenvalue weighted by Gasteiger charge is 2.12. The molecule has 0 saturated carbocycles. The molecule has 0 radical (unpaired) electrons. The Bertz CT molecular complexity index is 792. The molecule has 6 nitrogen and oxygen atoms in total. The van der Waals surface area contributed by atoms with Crippen molar-refractivity contribution in [2.45, 2.75) is 13.5 Å². The summed E-state index contributed by atoms with van der Waals surface area (Å²) in [4.78, 5) is 19.1. The predicted molar refractivity (Wildman–Crippen MR) is 81.4 cm³/mol. The Morgan fingerprint density at radius 1 is 1.32 bits per heavy atom. The summed E-state index contributed by atoms with van der Waals surface area (Å²) in [5, 5.41) is 7.25. The maximum absolute atomic E-state index is 12.0. The van der Waals surface area contributed by atoms with E-state index in [2.05, 4.69) is 20.4 Å². The van der Waals surface area contributed by atoms with E-state index in [0.29, 0.717) is 22.4 Å². The standard InChI is InChI=1S/C15H13ClN4O2/c1-9-6-7-17-13(9)15(21)18-8-12-19-14(20-22-12)10-2-4-11(16)5-3-10/h2-7,17H,8H2,1H3,(H,18,21). The normalized spacial score (nSPS) is 10.6. The zero-order valence-corrected chi connectivity index (χ0v) is 12.5. The van der Waals surface area contributed by atoms with Crippen LogP contribution >= 0.6 is 11.6 Å². The number of carbonyl (C=O) groups is 1. The number of halogens is 1. The van der Waals surface area contributed by atoms with E-state index < -0.39 is 0 Å². The number of aromatic nitrogens is 3. The highest BCUT2D eigenvalue weighted by atomic mass is 35.5. The van der Waals surface area contributed by atoms with E-state index in [-0.39, 0.29) is 12.5 Å². The molecule has 1 aromatic carbocycles. The molecular weight excluding hydrogens is 304 g/mol. The van der Waals surface area contributed by atoms with Crippen LogP contribution in [0, 0.1) is 6.92 Å². The molecule has 22 heavy (non-hydrogen) atoms. The number of nitrogens with one attached hydrogen (secondary N) is 2. The zero-order chi connectivity index (χ0) is 15.5. The van der Waals surface area contributed by atoms with Crippen molar-refractivity contribution in [1.29, 1.82) is 0 Å². The molecule has 2 N–H and O–H groups in total. The molecule has 1 amide bonds. The second kappa shape index (κ2) is 6.03. The molecular formula is C15H13ClN4O2. The van der Waals surface area contributed by atoms with Crippen molar-refractivity contribution in [2.24, 2.45) is 0 Å². The minimum absolute atomic E-state index is 0.165. The molecule has 2 aromatic heterocycles. The van der Waals surface area contributed by atoms with Crippen molar-refractivity contribution < 1.29 is 9.32 Å². The lowest BCUT2D eigenvalue weighted by molar-refractivity contribution is 0.0941. The van der Waals surface area contributed by atoms with E-state index in [1.807, 2.05) is 13.0 Å². The Hall–Kier alpha value is -2.60. The van der Waals surface area contributed by atoms with E-state index in [9.17, 15) is 4.79 Å². The topological polar surface area (TPSA) is 83.8 Å². The minimum atomic E-state index is -0.214. The van der Waals surface area contributed by atoms with E-state index >= 15 is 0 Å². The number of benzene rings is 1. The second-order valence-electron chi connectivity index (χ2n) is 4.74. The highest BCUT2D eigenvalue weighted by Crippen LogP contribution is 2.18. The molecule has 0 bridgehead atoms. The van der Waals surface area contributed by atoms with Crippen LogP contribution in [0.5, 0.6) is 0 Å². The van der Waals surface area contributed by atoms with Gasteiger partial charge in [-0.3, -0.25) is 4.79 Å². The number of aromatic amines is 1.